The molecule has 0 amide bonds. The molecular weight excluding hydrogens is 297 g/mol. The predicted molar refractivity (Wildman–Crippen MR) is 74.0 cm³/mol. The molecular formula is C14H19BrFNO. The molecule has 1 aliphatic rings. The first-order chi connectivity index (χ1) is 8.65. The molecule has 0 spiro atoms. The van der Waals surface area contributed by atoms with Gasteiger partial charge < -0.3 is 10.4 Å². The van der Waals surface area contributed by atoms with Crippen molar-refractivity contribution in [3.8, 4) is 0 Å². The van der Waals surface area contributed by atoms with E-state index in [1.165, 1.54) is 12.5 Å². The van der Waals surface area contributed by atoms with Crippen LogP contribution in [0, 0.1) is 11.2 Å². The third-order valence-electron chi connectivity index (χ3n) is 3.83. The Hall–Kier alpha value is -0.450. The summed E-state index contributed by atoms with van der Waals surface area (Å²) in [4.78, 5) is 0. The van der Waals surface area contributed by atoms with Crippen LogP contribution in [0.5, 0.6) is 0 Å². The molecule has 1 aliphatic carbocycles. The summed E-state index contributed by atoms with van der Waals surface area (Å²) in [5, 5.41) is 12.7. The van der Waals surface area contributed by atoms with Crippen molar-refractivity contribution in [1.82, 2.24) is 5.32 Å². The lowest BCUT2D eigenvalue weighted by Gasteiger charge is -2.40. The zero-order valence-electron chi connectivity index (χ0n) is 10.4. The van der Waals surface area contributed by atoms with Gasteiger partial charge in [0.2, 0.25) is 0 Å². The number of aliphatic hydroxyl groups excluding tert-OH is 1. The molecule has 0 unspecified atom stereocenters. The van der Waals surface area contributed by atoms with Gasteiger partial charge in [-0.2, -0.15) is 0 Å². The third-order valence-corrected chi connectivity index (χ3v) is 4.32. The van der Waals surface area contributed by atoms with Crippen molar-refractivity contribution in [2.45, 2.75) is 25.7 Å². The molecule has 0 aromatic heterocycles. The Kier molecular flexibility index (Phi) is 4.76. The van der Waals surface area contributed by atoms with E-state index in [2.05, 4.69) is 21.2 Å². The van der Waals surface area contributed by atoms with E-state index in [1.54, 1.807) is 6.07 Å². The van der Waals surface area contributed by atoms with Crippen molar-refractivity contribution in [2.24, 2.45) is 5.41 Å². The number of benzene rings is 1. The van der Waals surface area contributed by atoms with Crippen LogP contribution in [0.2, 0.25) is 0 Å². The van der Waals surface area contributed by atoms with Crippen molar-refractivity contribution >= 4 is 15.9 Å². The molecule has 1 saturated carbocycles. The average Bonchev–Trinajstić information content (AvgIpc) is 2.31. The fraction of sp³-hybridized carbons (Fsp3) is 0.571. The van der Waals surface area contributed by atoms with Crippen LogP contribution in [0.25, 0.3) is 0 Å². The summed E-state index contributed by atoms with van der Waals surface area (Å²) in [6.07, 6.45) is 4.08. The highest BCUT2D eigenvalue weighted by Crippen LogP contribution is 2.39. The van der Waals surface area contributed by atoms with Gasteiger partial charge in [-0.05, 0) is 49.6 Å². The molecule has 2 N–H and O–H groups in total. The van der Waals surface area contributed by atoms with Crippen LogP contribution < -0.4 is 5.32 Å². The molecule has 18 heavy (non-hydrogen) atoms. The maximum atomic E-state index is 13.5. The van der Waals surface area contributed by atoms with E-state index in [0.717, 1.165) is 36.0 Å². The van der Waals surface area contributed by atoms with Crippen LogP contribution in [-0.4, -0.2) is 24.8 Å². The lowest BCUT2D eigenvalue weighted by Crippen LogP contribution is -2.43. The molecule has 0 heterocycles. The van der Waals surface area contributed by atoms with Crippen molar-refractivity contribution in [1.29, 1.82) is 0 Å². The van der Waals surface area contributed by atoms with Gasteiger partial charge in [0.1, 0.15) is 5.82 Å². The van der Waals surface area contributed by atoms with E-state index in [9.17, 15) is 9.50 Å². The molecule has 0 aliphatic heterocycles. The SMILES string of the molecule is OCC1(CNCCc2cc(Br)ccc2F)CCC1. The second-order valence-corrected chi connectivity index (χ2v) is 6.09. The number of hydrogen-bond donors (Lipinski definition) is 2. The summed E-state index contributed by atoms with van der Waals surface area (Å²) < 4.78 is 14.4. The molecule has 4 heteroatoms. The van der Waals surface area contributed by atoms with Crippen LogP contribution in [0.1, 0.15) is 24.8 Å². The van der Waals surface area contributed by atoms with Crippen LogP contribution in [0.15, 0.2) is 22.7 Å². The third kappa shape index (κ3) is 3.31. The maximum absolute atomic E-state index is 13.5. The van der Waals surface area contributed by atoms with Gasteiger partial charge >= 0.3 is 0 Å². The first-order valence-corrected chi connectivity index (χ1v) is 7.20. The molecule has 0 radical (unpaired) electrons. The second kappa shape index (κ2) is 6.13. The fourth-order valence-electron chi connectivity index (χ4n) is 2.38. The number of rotatable bonds is 6. The summed E-state index contributed by atoms with van der Waals surface area (Å²) >= 11 is 3.35. The zero-order chi connectivity index (χ0) is 13.0. The van der Waals surface area contributed by atoms with Crippen molar-refractivity contribution in [3.05, 3.63) is 34.1 Å². The molecule has 1 fully saturated rings. The summed E-state index contributed by atoms with van der Waals surface area (Å²) in [5.74, 6) is -0.152. The second-order valence-electron chi connectivity index (χ2n) is 5.17. The highest BCUT2D eigenvalue weighted by Gasteiger charge is 2.35. The summed E-state index contributed by atoms with van der Waals surface area (Å²) in [6, 6.07) is 5.02. The van der Waals surface area contributed by atoms with E-state index in [1.807, 2.05) is 6.07 Å². The van der Waals surface area contributed by atoms with E-state index >= 15 is 0 Å². The summed E-state index contributed by atoms with van der Waals surface area (Å²) in [7, 11) is 0. The molecule has 0 saturated heterocycles. The Labute approximate surface area is 116 Å². The van der Waals surface area contributed by atoms with Crippen LogP contribution in [-0.2, 0) is 6.42 Å². The molecule has 1 aromatic carbocycles. The van der Waals surface area contributed by atoms with E-state index in [0.29, 0.717) is 6.42 Å². The minimum atomic E-state index is -0.152. The van der Waals surface area contributed by atoms with E-state index < -0.39 is 0 Å². The molecule has 2 nitrogen and oxygen atoms in total. The van der Waals surface area contributed by atoms with E-state index in [-0.39, 0.29) is 17.8 Å². The first-order valence-electron chi connectivity index (χ1n) is 6.41. The van der Waals surface area contributed by atoms with Crippen molar-refractivity contribution in [3.63, 3.8) is 0 Å². The number of aliphatic hydroxyl groups is 1. The highest BCUT2D eigenvalue weighted by molar-refractivity contribution is 9.10. The van der Waals surface area contributed by atoms with Gasteiger partial charge in [0.15, 0.2) is 0 Å². The normalized spacial score (nSPS) is 17.5. The van der Waals surface area contributed by atoms with Gasteiger partial charge in [-0.1, -0.05) is 22.4 Å². The fourth-order valence-corrected chi connectivity index (χ4v) is 2.79. The quantitative estimate of drug-likeness (QED) is 0.791. The Morgan fingerprint density at radius 1 is 1.39 bits per heavy atom. The van der Waals surface area contributed by atoms with Gasteiger partial charge in [-0.3, -0.25) is 0 Å². The van der Waals surface area contributed by atoms with Gasteiger partial charge in [-0.15, -0.1) is 0 Å². The Balaban J connectivity index is 1.76. The van der Waals surface area contributed by atoms with Gasteiger partial charge in [0.05, 0.1) is 0 Å². The monoisotopic (exact) mass is 315 g/mol. The Morgan fingerprint density at radius 3 is 2.78 bits per heavy atom. The Morgan fingerprint density at radius 2 is 2.17 bits per heavy atom. The Bertz CT molecular complexity index is 401. The number of hydrogen-bond acceptors (Lipinski definition) is 2. The smallest absolute Gasteiger partial charge is 0.126 e. The van der Waals surface area contributed by atoms with Crippen molar-refractivity contribution < 1.29 is 9.50 Å². The van der Waals surface area contributed by atoms with Crippen LogP contribution in [0.3, 0.4) is 0 Å². The number of halogens is 2. The van der Waals surface area contributed by atoms with Gasteiger partial charge in [-0.25, -0.2) is 4.39 Å². The number of nitrogens with one attached hydrogen (secondary N) is 1. The predicted octanol–water partition coefficient (Wildman–Crippen LogP) is 2.88. The first kappa shape index (κ1) is 14.0. The maximum Gasteiger partial charge on any atom is 0.126 e. The van der Waals surface area contributed by atoms with E-state index in [4.69, 9.17) is 0 Å². The zero-order valence-corrected chi connectivity index (χ0v) is 12.0. The lowest BCUT2D eigenvalue weighted by molar-refractivity contribution is 0.0450. The minimum Gasteiger partial charge on any atom is -0.396 e. The summed E-state index contributed by atoms with van der Waals surface area (Å²) in [5.41, 5.74) is 0.819. The average molecular weight is 316 g/mol. The molecule has 0 atom stereocenters. The van der Waals surface area contributed by atoms with Crippen LogP contribution >= 0.6 is 15.9 Å². The molecule has 1 aromatic rings. The highest BCUT2D eigenvalue weighted by atomic mass is 79.9. The van der Waals surface area contributed by atoms with Crippen LogP contribution in [0.4, 0.5) is 4.39 Å². The minimum absolute atomic E-state index is 0.0931. The topological polar surface area (TPSA) is 32.3 Å². The molecule has 0 bridgehead atoms. The van der Waals surface area contributed by atoms with Gasteiger partial charge in [0, 0.05) is 23.0 Å². The summed E-state index contributed by atoms with van der Waals surface area (Å²) in [6.45, 7) is 1.83. The van der Waals surface area contributed by atoms with Gasteiger partial charge in [0.25, 0.3) is 0 Å². The largest absolute Gasteiger partial charge is 0.396 e. The standard InChI is InChI=1S/C14H19BrFNO/c15-12-2-3-13(16)11(8-12)4-7-17-9-14(10-18)5-1-6-14/h2-3,8,17-18H,1,4-7,9-10H2. The van der Waals surface area contributed by atoms with Crippen molar-refractivity contribution in [2.75, 3.05) is 19.7 Å². The molecule has 2 rings (SSSR count). The lowest BCUT2D eigenvalue weighted by atomic mass is 9.69. The molecule has 100 valence electrons.